The van der Waals surface area contributed by atoms with Crippen LogP contribution >= 0.6 is 0 Å². The summed E-state index contributed by atoms with van der Waals surface area (Å²) in [4.78, 5) is 9.07. The van der Waals surface area contributed by atoms with Crippen LogP contribution in [0.25, 0.3) is 0 Å². The van der Waals surface area contributed by atoms with Gasteiger partial charge in [-0.05, 0) is 24.8 Å². The number of amidine groups is 1. The molecular weight excluding hydrogens is 166 g/mol. The predicted molar refractivity (Wildman–Crippen MR) is 53.1 cm³/mol. The van der Waals surface area contributed by atoms with Gasteiger partial charge in [0.25, 0.3) is 0 Å². The molecule has 0 aromatic carbocycles. The Morgan fingerprint density at radius 3 is 2.85 bits per heavy atom. The molecule has 3 N–H and O–H groups in total. The van der Waals surface area contributed by atoms with Gasteiger partial charge in [-0.25, -0.2) is 4.99 Å². The first-order valence-corrected chi connectivity index (χ1v) is 4.83. The standard InChI is InChI=1S/C9H19N3O/c1-7(2)3-8(5-10)4-9-11-6-13-12-9/h7-8H,3-6,10H2,1-2H3,(H,11,12). The van der Waals surface area contributed by atoms with E-state index in [1.54, 1.807) is 0 Å². The molecule has 0 saturated heterocycles. The first kappa shape index (κ1) is 10.5. The molecule has 1 aliphatic rings. The summed E-state index contributed by atoms with van der Waals surface area (Å²) in [6.45, 7) is 5.58. The van der Waals surface area contributed by atoms with Gasteiger partial charge in [0.1, 0.15) is 5.84 Å². The summed E-state index contributed by atoms with van der Waals surface area (Å²) in [6, 6.07) is 0. The van der Waals surface area contributed by atoms with E-state index in [2.05, 4.69) is 24.3 Å². The Balaban J connectivity index is 2.30. The molecule has 1 rings (SSSR count). The number of nitrogens with zero attached hydrogens (tertiary/aromatic N) is 1. The molecule has 0 radical (unpaired) electrons. The number of nitrogens with two attached hydrogens (primary N) is 1. The van der Waals surface area contributed by atoms with E-state index in [0.717, 1.165) is 25.2 Å². The van der Waals surface area contributed by atoms with Crippen molar-refractivity contribution in [2.45, 2.75) is 26.7 Å². The van der Waals surface area contributed by atoms with Gasteiger partial charge < -0.3 is 5.73 Å². The highest BCUT2D eigenvalue weighted by Gasteiger charge is 2.14. The molecule has 1 heterocycles. The minimum Gasteiger partial charge on any atom is -0.330 e. The fourth-order valence-corrected chi connectivity index (χ4v) is 1.57. The van der Waals surface area contributed by atoms with Crippen molar-refractivity contribution < 1.29 is 4.84 Å². The lowest BCUT2D eigenvalue weighted by Crippen LogP contribution is -2.25. The minimum absolute atomic E-state index is 0.439. The van der Waals surface area contributed by atoms with E-state index >= 15 is 0 Å². The molecule has 0 fully saturated rings. The van der Waals surface area contributed by atoms with Crippen LogP contribution in [0.2, 0.25) is 0 Å². The van der Waals surface area contributed by atoms with Crippen LogP contribution in [-0.2, 0) is 4.84 Å². The topological polar surface area (TPSA) is 59.6 Å². The van der Waals surface area contributed by atoms with Crippen molar-refractivity contribution in [2.75, 3.05) is 13.3 Å². The molecule has 4 heteroatoms. The van der Waals surface area contributed by atoms with E-state index in [1.165, 1.54) is 0 Å². The average Bonchev–Trinajstić information content (AvgIpc) is 2.55. The maximum Gasteiger partial charge on any atom is 0.166 e. The zero-order chi connectivity index (χ0) is 9.68. The summed E-state index contributed by atoms with van der Waals surface area (Å²) < 4.78 is 0. The smallest absolute Gasteiger partial charge is 0.166 e. The molecule has 0 aromatic rings. The quantitative estimate of drug-likeness (QED) is 0.668. The lowest BCUT2D eigenvalue weighted by molar-refractivity contribution is 0.113. The van der Waals surface area contributed by atoms with E-state index in [4.69, 9.17) is 10.6 Å². The molecule has 13 heavy (non-hydrogen) atoms. The lowest BCUT2D eigenvalue weighted by atomic mass is 9.94. The second kappa shape index (κ2) is 5.19. The molecule has 0 saturated carbocycles. The molecule has 1 unspecified atom stereocenters. The number of nitrogens with one attached hydrogen (secondary N) is 1. The van der Waals surface area contributed by atoms with Gasteiger partial charge in [0.15, 0.2) is 6.73 Å². The molecule has 0 amide bonds. The maximum atomic E-state index is 5.68. The van der Waals surface area contributed by atoms with Crippen LogP contribution in [0.3, 0.4) is 0 Å². The van der Waals surface area contributed by atoms with Crippen LogP contribution in [-0.4, -0.2) is 19.1 Å². The highest BCUT2D eigenvalue weighted by molar-refractivity contribution is 5.82. The van der Waals surface area contributed by atoms with Gasteiger partial charge in [-0.15, -0.1) is 0 Å². The zero-order valence-corrected chi connectivity index (χ0v) is 8.42. The molecule has 4 nitrogen and oxygen atoms in total. The normalized spacial score (nSPS) is 18.6. The predicted octanol–water partition coefficient (Wildman–Crippen LogP) is 0.888. The molecule has 1 atom stereocenters. The first-order chi connectivity index (χ1) is 6.22. The Labute approximate surface area is 79.5 Å². The summed E-state index contributed by atoms with van der Waals surface area (Å²) in [5.74, 6) is 2.15. The fourth-order valence-electron chi connectivity index (χ4n) is 1.57. The largest absolute Gasteiger partial charge is 0.330 e. The number of hydrogen-bond donors (Lipinski definition) is 2. The Morgan fingerprint density at radius 2 is 2.38 bits per heavy atom. The van der Waals surface area contributed by atoms with Crippen molar-refractivity contribution in [3.8, 4) is 0 Å². The van der Waals surface area contributed by atoms with Crippen LogP contribution in [0, 0.1) is 11.8 Å². The summed E-state index contributed by atoms with van der Waals surface area (Å²) in [5, 5.41) is 0. The lowest BCUT2D eigenvalue weighted by Gasteiger charge is -2.16. The maximum absolute atomic E-state index is 5.68. The van der Waals surface area contributed by atoms with Crippen LogP contribution in [0.5, 0.6) is 0 Å². The molecule has 0 aromatic heterocycles. The second-order valence-electron chi connectivity index (χ2n) is 3.92. The molecular formula is C9H19N3O. The fraction of sp³-hybridized carbons (Fsp3) is 0.889. The summed E-state index contributed by atoms with van der Waals surface area (Å²) in [6.07, 6.45) is 2.06. The Hall–Kier alpha value is -0.610. The molecule has 0 aliphatic carbocycles. The minimum atomic E-state index is 0.439. The van der Waals surface area contributed by atoms with Gasteiger partial charge in [-0.3, -0.25) is 10.3 Å². The van der Waals surface area contributed by atoms with Gasteiger partial charge in [-0.1, -0.05) is 13.8 Å². The first-order valence-electron chi connectivity index (χ1n) is 4.83. The van der Waals surface area contributed by atoms with Crippen molar-refractivity contribution in [3.63, 3.8) is 0 Å². The molecule has 76 valence electrons. The van der Waals surface area contributed by atoms with Crippen molar-refractivity contribution in [1.29, 1.82) is 0 Å². The molecule has 0 spiro atoms. The van der Waals surface area contributed by atoms with Crippen LogP contribution in [0.1, 0.15) is 26.7 Å². The molecule has 0 bridgehead atoms. The van der Waals surface area contributed by atoms with Crippen LogP contribution < -0.4 is 11.2 Å². The number of rotatable bonds is 5. The van der Waals surface area contributed by atoms with E-state index in [0.29, 0.717) is 18.6 Å². The third kappa shape index (κ3) is 3.74. The van der Waals surface area contributed by atoms with Gasteiger partial charge in [-0.2, -0.15) is 0 Å². The van der Waals surface area contributed by atoms with E-state index < -0.39 is 0 Å². The van der Waals surface area contributed by atoms with Crippen molar-refractivity contribution >= 4 is 5.84 Å². The number of aliphatic imine (C=N–C) groups is 1. The zero-order valence-electron chi connectivity index (χ0n) is 8.42. The van der Waals surface area contributed by atoms with Crippen molar-refractivity contribution in [2.24, 2.45) is 22.6 Å². The van der Waals surface area contributed by atoms with E-state index in [-0.39, 0.29) is 0 Å². The van der Waals surface area contributed by atoms with Crippen molar-refractivity contribution in [3.05, 3.63) is 0 Å². The summed E-state index contributed by atoms with van der Waals surface area (Å²) in [7, 11) is 0. The summed E-state index contributed by atoms with van der Waals surface area (Å²) >= 11 is 0. The van der Waals surface area contributed by atoms with Gasteiger partial charge in [0.2, 0.25) is 0 Å². The Bertz CT molecular complexity index is 180. The van der Waals surface area contributed by atoms with E-state index in [1.807, 2.05) is 0 Å². The van der Waals surface area contributed by atoms with E-state index in [9.17, 15) is 0 Å². The third-order valence-electron chi connectivity index (χ3n) is 2.13. The van der Waals surface area contributed by atoms with Gasteiger partial charge >= 0.3 is 0 Å². The Morgan fingerprint density at radius 1 is 1.62 bits per heavy atom. The van der Waals surface area contributed by atoms with Gasteiger partial charge in [0.05, 0.1) is 0 Å². The monoisotopic (exact) mass is 185 g/mol. The van der Waals surface area contributed by atoms with Crippen LogP contribution in [0.15, 0.2) is 4.99 Å². The van der Waals surface area contributed by atoms with Gasteiger partial charge in [0, 0.05) is 6.42 Å². The second-order valence-corrected chi connectivity index (χ2v) is 3.92. The highest BCUT2D eigenvalue weighted by atomic mass is 16.7. The Kier molecular flexibility index (Phi) is 4.18. The number of hydroxylamine groups is 1. The third-order valence-corrected chi connectivity index (χ3v) is 2.13. The summed E-state index contributed by atoms with van der Waals surface area (Å²) in [5.41, 5.74) is 8.46. The molecule has 1 aliphatic heterocycles. The van der Waals surface area contributed by atoms with Crippen LogP contribution in [0.4, 0.5) is 0 Å². The average molecular weight is 185 g/mol. The highest BCUT2D eigenvalue weighted by Crippen LogP contribution is 2.15. The van der Waals surface area contributed by atoms with Crippen molar-refractivity contribution in [1.82, 2.24) is 5.48 Å². The number of hydrogen-bond acceptors (Lipinski definition) is 4. The SMILES string of the molecule is CC(C)CC(CN)CC1=NCON1.